The third-order valence-corrected chi connectivity index (χ3v) is 4.05. The summed E-state index contributed by atoms with van der Waals surface area (Å²) >= 11 is 7.05. The zero-order valence-electron chi connectivity index (χ0n) is 8.04. The van der Waals surface area contributed by atoms with Crippen molar-refractivity contribution in [1.29, 1.82) is 0 Å². The van der Waals surface area contributed by atoms with Crippen molar-refractivity contribution in [3.63, 3.8) is 0 Å². The van der Waals surface area contributed by atoms with Gasteiger partial charge in [0, 0.05) is 23.9 Å². The van der Waals surface area contributed by atoms with Crippen molar-refractivity contribution in [1.82, 2.24) is 4.72 Å². The van der Waals surface area contributed by atoms with Crippen LogP contribution in [0.4, 0.5) is 0 Å². The van der Waals surface area contributed by atoms with E-state index in [1.807, 2.05) is 0 Å². The Labute approximate surface area is 95.3 Å². The van der Waals surface area contributed by atoms with Gasteiger partial charge in [-0.15, -0.1) is 18.2 Å². The van der Waals surface area contributed by atoms with Gasteiger partial charge < -0.3 is 0 Å². The van der Waals surface area contributed by atoms with Gasteiger partial charge in [-0.1, -0.05) is 6.08 Å². The zero-order valence-corrected chi connectivity index (χ0v) is 10.4. The summed E-state index contributed by atoms with van der Waals surface area (Å²) in [5, 5.41) is 0. The molecule has 0 saturated carbocycles. The van der Waals surface area contributed by atoms with Crippen LogP contribution >= 0.6 is 23.4 Å². The molecular weight excluding hydrogens is 242 g/mol. The number of thioether (sulfide) groups is 1. The van der Waals surface area contributed by atoms with E-state index in [4.69, 9.17) is 11.6 Å². The molecule has 0 aliphatic rings. The second-order valence-corrected chi connectivity index (χ2v) is 6.07. The van der Waals surface area contributed by atoms with Crippen LogP contribution in [0.3, 0.4) is 0 Å². The number of halogens is 1. The first-order chi connectivity index (χ1) is 6.62. The Morgan fingerprint density at radius 1 is 1.50 bits per heavy atom. The van der Waals surface area contributed by atoms with E-state index in [0.717, 1.165) is 11.5 Å². The van der Waals surface area contributed by atoms with Crippen LogP contribution in [0.2, 0.25) is 0 Å². The maximum absolute atomic E-state index is 11.2. The Balaban J connectivity index is 3.50. The van der Waals surface area contributed by atoms with Gasteiger partial charge in [0.05, 0.1) is 5.75 Å². The number of nitrogens with one attached hydrogen (secondary N) is 1. The molecule has 0 amide bonds. The molecule has 6 heteroatoms. The van der Waals surface area contributed by atoms with E-state index in [2.05, 4.69) is 11.3 Å². The summed E-state index contributed by atoms with van der Waals surface area (Å²) in [6, 6.07) is 0. The number of hydrogen-bond donors (Lipinski definition) is 1. The van der Waals surface area contributed by atoms with E-state index < -0.39 is 10.0 Å². The van der Waals surface area contributed by atoms with Gasteiger partial charge in [0.1, 0.15) is 0 Å². The number of sulfonamides is 1. The van der Waals surface area contributed by atoms with Crippen molar-refractivity contribution in [2.75, 3.05) is 29.7 Å². The van der Waals surface area contributed by atoms with E-state index in [0.29, 0.717) is 18.8 Å². The number of alkyl halides is 1. The molecule has 0 rings (SSSR count). The first kappa shape index (κ1) is 14.3. The zero-order chi connectivity index (χ0) is 10.9. The van der Waals surface area contributed by atoms with Crippen molar-refractivity contribution < 1.29 is 8.42 Å². The molecule has 1 N–H and O–H groups in total. The van der Waals surface area contributed by atoms with Crippen LogP contribution in [0.1, 0.15) is 6.42 Å². The first-order valence-corrected chi connectivity index (χ1v) is 7.68. The second kappa shape index (κ2) is 8.59. The molecule has 0 saturated heterocycles. The van der Waals surface area contributed by atoms with Crippen molar-refractivity contribution in [3.8, 4) is 0 Å². The summed E-state index contributed by atoms with van der Waals surface area (Å²) in [6.07, 6.45) is 2.29. The summed E-state index contributed by atoms with van der Waals surface area (Å²) in [6.45, 7) is 4.05. The molecule has 0 aromatic carbocycles. The van der Waals surface area contributed by atoms with Crippen molar-refractivity contribution in [2.45, 2.75) is 6.42 Å². The Morgan fingerprint density at radius 2 is 2.21 bits per heavy atom. The molecule has 0 aliphatic carbocycles. The molecule has 0 radical (unpaired) electrons. The van der Waals surface area contributed by atoms with Gasteiger partial charge in [0.15, 0.2) is 0 Å². The summed E-state index contributed by atoms with van der Waals surface area (Å²) < 4.78 is 25.0. The third-order valence-electron chi connectivity index (χ3n) is 1.35. The van der Waals surface area contributed by atoms with E-state index in [-0.39, 0.29) is 5.75 Å². The van der Waals surface area contributed by atoms with Gasteiger partial charge in [0.25, 0.3) is 0 Å². The quantitative estimate of drug-likeness (QED) is 0.386. The largest absolute Gasteiger partial charge is 0.214 e. The van der Waals surface area contributed by atoms with Gasteiger partial charge in [-0.3, -0.25) is 0 Å². The second-order valence-electron chi connectivity index (χ2n) is 2.62. The number of rotatable bonds is 9. The van der Waals surface area contributed by atoms with E-state index in [1.54, 1.807) is 17.8 Å². The van der Waals surface area contributed by atoms with Crippen LogP contribution in [0.15, 0.2) is 12.7 Å². The van der Waals surface area contributed by atoms with Crippen molar-refractivity contribution >= 4 is 33.4 Å². The standard InChI is InChI=1S/C8H16ClNO2S2/c1-2-6-13-7-5-10-14(11,12)8-3-4-9/h2,10H,1,3-8H2. The van der Waals surface area contributed by atoms with Crippen LogP contribution in [-0.2, 0) is 10.0 Å². The van der Waals surface area contributed by atoms with Crippen LogP contribution in [0, 0.1) is 0 Å². The summed E-state index contributed by atoms with van der Waals surface area (Å²) in [5.41, 5.74) is 0. The summed E-state index contributed by atoms with van der Waals surface area (Å²) in [5.74, 6) is 2.12. The molecule has 84 valence electrons. The molecule has 0 spiro atoms. The highest BCUT2D eigenvalue weighted by Crippen LogP contribution is 1.98. The monoisotopic (exact) mass is 257 g/mol. The smallest absolute Gasteiger partial charge is 0.211 e. The fraction of sp³-hybridized carbons (Fsp3) is 0.750. The molecule has 0 bridgehead atoms. The number of hydrogen-bond acceptors (Lipinski definition) is 3. The van der Waals surface area contributed by atoms with Gasteiger partial charge >= 0.3 is 0 Å². The van der Waals surface area contributed by atoms with Gasteiger partial charge in [-0.2, -0.15) is 11.8 Å². The molecule has 3 nitrogen and oxygen atoms in total. The molecular formula is C8H16ClNO2S2. The first-order valence-electron chi connectivity index (χ1n) is 4.34. The van der Waals surface area contributed by atoms with Crippen LogP contribution in [-0.4, -0.2) is 38.1 Å². The van der Waals surface area contributed by atoms with E-state index >= 15 is 0 Å². The summed E-state index contributed by atoms with van der Waals surface area (Å²) in [4.78, 5) is 0. The third kappa shape index (κ3) is 8.87. The molecule has 0 aromatic heterocycles. The molecule has 0 aromatic rings. The van der Waals surface area contributed by atoms with Crippen molar-refractivity contribution in [2.24, 2.45) is 0 Å². The minimum Gasteiger partial charge on any atom is -0.214 e. The topological polar surface area (TPSA) is 46.2 Å². The highest BCUT2D eigenvalue weighted by Gasteiger charge is 2.07. The minimum absolute atomic E-state index is 0.114. The Morgan fingerprint density at radius 3 is 2.79 bits per heavy atom. The molecule has 0 atom stereocenters. The van der Waals surface area contributed by atoms with E-state index in [9.17, 15) is 8.42 Å². The van der Waals surface area contributed by atoms with Crippen molar-refractivity contribution in [3.05, 3.63) is 12.7 Å². The predicted molar refractivity (Wildman–Crippen MR) is 64.6 cm³/mol. The predicted octanol–water partition coefficient (Wildman–Crippen LogP) is 1.45. The Bertz CT molecular complexity index is 242. The fourth-order valence-corrected chi connectivity index (χ4v) is 2.84. The highest BCUT2D eigenvalue weighted by atomic mass is 35.5. The molecule has 0 aliphatic heterocycles. The maximum atomic E-state index is 11.2. The lowest BCUT2D eigenvalue weighted by Gasteiger charge is -2.04. The minimum atomic E-state index is -3.10. The lowest BCUT2D eigenvalue weighted by atomic mass is 10.6. The molecule has 0 fully saturated rings. The average molecular weight is 258 g/mol. The molecule has 0 unspecified atom stereocenters. The SMILES string of the molecule is C=CCSCCNS(=O)(=O)CCCCl. The Hall–Kier alpha value is 0.290. The Kier molecular flexibility index (Phi) is 8.76. The van der Waals surface area contributed by atoms with Gasteiger partial charge in [0.2, 0.25) is 10.0 Å². The summed E-state index contributed by atoms with van der Waals surface area (Å²) in [7, 11) is -3.10. The highest BCUT2D eigenvalue weighted by molar-refractivity contribution is 7.99. The van der Waals surface area contributed by atoms with Crippen LogP contribution < -0.4 is 4.72 Å². The average Bonchev–Trinajstić information content (AvgIpc) is 2.15. The van der Waals surface area contributed by atoms with Gasteiger partial charge in [-0.25, -0.2) is 13.1 Å². The molecule has 14 heavy (non-hydrogen) atoms. The maximum Gasteiger partial charge on any atom is 0.211 e. The lowest BCUT2D eigenvalue weighted by Crippen LogP contribution is -2.28. The normalized spacial score (nSPS) is 11.5. The van der Waals surface area contributed by atoms with Crippen LogP contribution in [0.5, 0.6) is 0 Å². The van der Waals surface area contributed by atoms with E-state index in [1.165, 1.54) is 0 Å². The fourth-order valence-electron chi connectivity index (χ4n) is 0.753. The lowest BCUT2D eigenvalue weighted by molar-refractivity contribution is 0.583. The van der Waals surface area contributed by atoms with Gasteiger partial charge in [-0.05, 0) is 6.42 Å². The van der Waals surface area contributed by atoms with Crippen LogP contribution in [0.25, 0.3) is 0 Å². The molecule has 0 heterocycles.